The van der Waals surface area contributed by atoms with Crippen molar-refractivity contribution in [3.05, 3.63) is 76.0 Å². The van der Waals surface area contributed by atoms with Crippen molar-refractivity contribution < 1.29 is 13.9 Å². The molecule has 1 aromatic heterocycles. The summed E-state index contributed by atoms with van der Waals surface area (Å²) in [6, 6.07) is 18.5. The average Bonchev–Trinajstić information content (AvgIpc) is 3.15. The largest absolute Gasteiger partial charge is 0.495 e. The Hall–Kier alpha value is -3.30. The zero-order valence-corrected chi connectivity index (χ0v) is 16.9. The zero-order chi connectivity index (χ0) is 20.1. The molecule has 0 saturated heterocycles. The van der Waals surface area contributed by atoms with Gasteiger partial charge in [0.15, 0.2) is 0 Å². The zero-order valence-electron chi connectivity index (χ0n) is 15.3. The summed E-state index contributed by atoms with van der Waals surface area (Å²) in [5.41, 5.74) is 2.29. The molecule has 0 bridgehead atoms. The highest BCUT2D eigenvalue weighted by molar-refractivity contribution is 9.10. The Balaban J connectivity index is 1.82. The number of rotatable bonds is 5. The van der Waals surface area contributed by atoms with Gasteiger partial charge in [0.25, 0.3) is 5.91 Å². The van der Waals surface area contributed by atoms with E-state index in [1.165, 1.54) is 13.2 Å². The molecule has 3 rings (SSSR count). The van der Waals surface area contributed by atoms with E-state index in [1.807, 2.05) is 43.3 Å². The molecule has 0 radical (unpaired) electrons. The standard InChI is InChI=1S/C22H17BrN2O3/c1-14-3-9-21(27-2)19(11-14)25-22(26)16(13-24)12-18-8-10-20(28-18)15-4-6-17(23)7-5-15/h3-12H,1-2H3,(H,25,26)/b16-12+. The molecular weight excluding hydrogens is 420 g/mol. The van der Waals surface area contributed by atoms with Gasteiger partial charge >= 0.3 is 0 Å². The number of hydrogen-bond donors (Lipinski definition) is 1. The fourth-order valence-corrected chi connectivity index (χ4v) is 2.86. The lowest BCUT2D eigenvalue weighted by Crippen LogP contribution is -2.14. The van der Waals surface area contributed by atoms with Crippen LogP contribution in [0.4, 0.5) is 5.69 Å². The molecular formula is C22H17BrN2O3. The van der Waals surface area contributed by atoms with Crippen molar-refractivity contribution in [2.45, 2.75) is 6.92 Å². The quantitative estimate of drug-likeness (QED) is 0.418. The molecule has 3 aromatic rings. The van der Waals surface area contributed by atoms with Gasteiger partial charge < -0.3 is 14.5 Å². The number of benzene rings is 2. The minimum Gasteiger partial charge on any atom is -0.495 e. The number of nitriles is 1. The first-order valence-corrected chi connectivity index (χ1v) is 9.23. The van der Waals surface area contributed by atoms with Crippen LogP contribution in [0.3, 0.4) is 0 Å². The average molecular weight is 437 g/mol. The van der Waals surface area contributed by atoms with Crippen LogP contribution >= 0.6 is 15.9 Å². The SMILES string of the molecule is COc1ccc(C)cc1NC(=O)/C(C#N)=C/c1ccc(-c2ccc(Br)cc2)o1. The van der Waals surface area contributed by atoms with Gasteiger partial charge in [0.2, 0.25) is 0 Å². The third kappa shape index (κ3) is 4.51. The number of ether oxygens (including phenoxy) is 1. The maximum atomic E-state index is 12.5. The summed E-state index contributed by atoms with van der Waals surface area (Å²) in [5, 5.41) is 12.1. The number of furan rings is 1. The van der Waals surface area contributed by atoms with Gasteiger partial charge in [-0.1, -0.05) is 34.1 Å². The minimum atomic E-state index is -0.534. The van der Waals surface area contributed by atoms with Gasteiger partial charge in [-0.3, -0.25) is 4.79 Å². The first-order chi connectivity index (χ1) is 13.5. The van der Waals surface area contributed by atoms with E-state index >= 15 is 0 Å². The number of aryl methyl sites for hydroxylation is 1. The highest BCUT2D eigenvalue weighted by Crippen LogP contribution is 2.27. The van der Waals surface area contributed by atoms with E-state index < -0.39 is 5.91 Å². The number of carbonyl (C=O) groups excluding carboxylic acids is 1. The maximum Gasteiger partial charge on any atom is 0.266 e. The van der Waals surface area contributed by atoms with E-state index in [9.17, 15) is 10.1 Å². The summed E-state index contributed by atoms with van der Waals surface area (Å²) in [6.45, 7) is 1.91. The summed E-state index contributed by atoms with van der Waals surface area (Å²) >= 11 is 3.39. The number of anilines is 1. The first kappa shape index (κ1) is 19.5. The van der Waals surface area contributed by atoms with Gasteiger partial charge in [0.1, 0.15) is 28.9 Å². The van der Waals surface area contributed by atoms with Gasteiger partial charge in [-0.2, -0.15) is 5.26 Å². The number of methoxy groups -OCH3 is 1. The monoisotopic (exact) mass is 436 g/mol. The smallest absolute Gasteiger partial charge is 0.266 e. The van der Waals surface area contributed by atoms with Crippen molar-refractivity contribution in [1.29, 1.82) is 5.26 Å². The van der Waals surface area contributed by atoms with Gasteiger partial charge in [-0.15, -0.1) is 0 Å². The fourth-order valence-electron chi connectivity index (χ4n) is 2.60. The maximum absolute atomic E-state index is 12.5. The lowest BCUT2D eigenvalue weighted by Gasteiger charge is -2.10. The van der Waals surface area contributed by atoms with Crippen LogP contribution in [0.1, 0.15) is 11.3 Å². The topological polar surface area (TPSA) is 75.3 Å². The molecule has 0 unspecified atom stereocenters. The van der Waals surface area contributed by atoms with E-state index in [4.69, 9.17) is 9.15 Å². The van der Waals surface area contributed by atoms with Crippen molar-refractivity contribution in [2.24, 2.45) is 0 Å². The van der Waals surface area contributed by atoms with Gasteiger partial charge in [-0.25, -0.2) is 0 Å². The Labute approximate surface area is 171 Å². The second-order valence-corrected chi connectivity index (χ2v) is 6.95. The van der Waals surface area contributed by atoms with Crippen molar-refractivity contribution in [2.75, 3.05) is 12.4 Å². The Morgan fingerprint density at radius 3 is 2.61 bits per heavy atom. The number of nitrogens with one attached hydrogen (secondary N) is 1. The molecule has 1 heterocycles. The molecule has 6 heteroatoms. The van der Waals surface area contributed by atoms with E-state index in [0.717, 1.165) is 15.6 Å². The van der Waals surface area contributed by atoms with Crippen LogP contribution in [0, 0.1) is 18.3 Å². The van der Waals surface area contributed by atoms with Crippen LogP contribution in [-0.2, 0) is 4.79 Å². The number of carbonyl (C=O) groups is 1. The summed E-state index contributed by atoms with van der Waals surface area (Å²) in [4.78, 5) is 12.5. The molecule has 2 aromatic carbocycles. The van der Waals surface area contributed by atoms with E-state index in [2.05, 4.69) is 21.2 Å². The molecule has 1 amide bonds. The molecule has 0 aliphatic rings. The van der Waals surface area contributed by atoms with Crippen LogP contribution < -0.4 is 10.1 Å². The van der Waals surface area contributed by atoms with Crippen LogP contribution in [0.25, 0.3) is 17.4 Å². The highest BCUT2D eigenvalue weighted by atomic mass is 79.9. The molecule has 5 nitrogen and oxygen atoms in total. The Bertz CT molecular complexity index is 1080. The molecule has 0 spiro atoms. The molecule has 28 heavy (non-hydrogen) atoms. The molecule has 0 atom stereocenters. The normalized spacial score (nSPS) is 11.0. The predicted octanol–water partition coefficient (Wildman–Crippen LogP) is 5.57. The summed E-state index contributed by atoms with van der Waals surface area (Å²) in [5.74, 6) is 1.05. The minimum absolute atomic E-state index is 0.0692. The third-order valence-electron chi connectivity index (χ3n) is 4.01. The Morgan fingerprint density at radius 2 is 1.93 bits per heavy atom. The Morgan fingerprint density at radius 1 is 1.18 bits per heavy atom. The van der Waals surface area contributed by atoms with Crippen LogP contribution in [0.2, 0.25) is 0 Å². The van der Waals surface area contributed by atoms with Gasteiger partial charge in [0, 0.05) is 16.1 Å². The molecule has 140 valence electrons. The highest BCUT2D eigenvalue weighted by Gasteiger charge is 2.14. The summed E-state index contributed by atoms with van der Waals surface area (Å²) in [7, 11) is 1.52. The van der Waals surface area contributed by atoms with Crippen molar-refractivity contribution in [3.8, 4) is 23.1 Å². The summed E-state index contributed by atoms with van der Waals surface area (Å²) in [6.07, 6.45) is 1.42. The number of amides is 1. The summed E-state index contributed by atoms with van der Waals surface area (Å²) < 4.78 is 12.0. The third-order valence-corrected chi connectivity index (χ3v) is 4.54. The molecule has 0 aliphatic heterocycles. The lowest BCUT2D eigenvalue weighted by molar-refractivity contribution is -0.112. The van der Waals surface area contributed by atoms with Crippen LogP contribution in [0.15, 0.2) is 69.1 Å². The number of halogens is 1. The first-order valence-electron chi connectivity index (χ1n) is 8.43. The fraction of sp³-hybridized carbons (Fsp3) is 0.0909. The number of hydrogen-bond acceptors (Lipinski definition) is 4. The predicted molar refractivity (Wildman–Crippen MR) is 112 cm³/mol. The van der Waals surface area contributed by atoms with Crippen LogP contribution in [0.5, 0.6) is 5.75 Å². The van der Waals surface area contributed by atoms with Crippen molar-refractivity contribution in [3.63, 3.8) is 0 Å². The Kier molecular flexibility index (Phi) is 5.97. The molecule has 0 saturated carbocycles. The van der Waals surface area contributed by atoms with Crippen LogP contribution in [-0.4, -0.2) is 13.0 Å². The van der Waals surface area contributed by atoms with Crippen molar-refractivity contribution >= 4 is 33.6 Å². The molecule has 0 fully saturated rings. The second-order valence-electron chi connectivity index (χ2n) is 6.04. The van der Waals surface area contributed by atoms with E-state index in [-0.39, 0.29) is 5.57 Å². The number of nitrogens with zero attached hydrogens (tertiary/aromatic N) is 1. The van der Waals surface area contributed by atoms with Crippen molar-refractivity contribution in [1.82, 2.24) is 0 Å². The lowest BCUT2D eigenvalue weighted by atomic mass is 10.1. The van der Waals surface area contributed by atoms with E-state index in [0.29, 0.717) is 23.0 Å². The molecule has 1 N–H and O–H groups in total. The second kappa shape index (κ2) is 8.59. The van der Waals surface area contributed by atoms with E-state index in [1.54, 1.807) is 24.3 Å². The van der Waals surface area contributed by atoms with Gasteiger partial charge in [-0.05, 0) is 48.9 Å². The van der Waals surface area contributed by atoms with Gasteiger partial charge in [0.05, 0.1) is 12.8 Å². The molecule has 0 aliphatic carbocycles.